The van der Waals surface area contributed by atoms with E-state index in [0.717, 1.165) is 18.7 Å². The fraction of sp³-hybridized carbons (Fsp3) is 0.462. The maximum absolute atomic E-state index is 11.4. The molecule has 0 spiro atoms. The SMILES string of the molecule is CCN(CC)c1ccc(C(=O)CCl)cc1C. The number of nitrogens with zero attached hydrogens (tertiary/aromatic N) is 1. The zero-order chi connectivity index (χ0) is 12.1. The molecule has 88 valence electrons. The normalized spacial score (nSPS) is 10.2. The van der Waals surface area contributed by atoms with E-state index in [1.54, 1.807) is 0 Å². The number of hydrogen-bond acceptors (Lipinski definition) is 2. The van der Waals surface area contributed by atoms with Crippen molar-refractivity contribution in [1.29, 1.82) is 0 Å². The van der Waals surface area contributed by atoms with Crippen LogP contribution in [-0.4, -0.2) is 24.8 Å². The Morgan fingerprint density at radius 3 is 2.38 bits per heavy atom. The summed E-state index contributed by atoms with van der Waals surface area (Å²) in [5.41, 5.74) is 3.01. The van der Waals surface area contributed by atoms with Gasteiger partial charge in [0.05, 0.1) is 5.88 Å². The summed E-state index contributed by atoms with van der Waals surface area (Å²) in [5.74, 6) is 0.0280. The van der Waals surface area contributed by atoms with Gasteiger partial charge in [-0.1, -0.05) is 0 Å². The fourth-order valence-electron chi connectivity index (χ4n) is 1.83. The third kappa shape index (κ3) is 2.76. The van der Waals surface area contributed by atoms with Gasteiger partial charge in [-0.25, -0.2) is 0 Å². The van der Waals surface area contributed by atoms with Crippen LogP contribution in [0.15, 0.2) is 18.2 Å². The first-order valence-electron chi connectivity index (χ1n) is 5.58. The van der Waals surface area contributed by atoms with Gasteiger partial charge in [0, 0.05) is 24.3 Å². The van der Waals surface area contributed by atoms with Gasteiger partial charge in [0.1, 0.15) is 0 Å². The average Bonchev–Trinajstić information content (AvgIpc) is 2.31. The second-order valence-corrected chi connectivity index (χ2v) is 4.00. The van der Waals surface area contributed by atoms with E-state index < -0.39 is 0 Å². The number of anilines is 1. The summed E-state index contributed by atoms with van der Waals surface area (Å²) in [6.45, 7) is 8.22. The number of alkyl halides is 1. The Morgan fingerprint density at radius 2 is 1.94 bits per heavy atom. The van der Waals surface area contributed by atoms with Crippen molar-refractivity contribution < 1.29 is 4.79 Å². The molecule has 3 heteroatoms. The van der Waals surface area contributed by atoms with E-state index in [-0.39, 0.29) is 11.7 Å². The molecule has 0 aliphatic carbocycles. The molecule has 0 aromatic heterocycles. The summed E-state index contributed by atoms with van der Waals surface area (Å²) < 4.78 is 0. The first-order chi connectivity index (χ1) is 7.63. The second-order valence-electron chi connectivity index (χ2n) is 3.73. The van der Waals surface area contributed by atoms with E-state index in [4.69, 9.17) is 11.6 Å². The van der Waals surface area contributed by atoms with Gasteiger partial charge in [-0.3, -0.25) is 4.79 Å². The predicted molar refractivity (Wildman–Crippen MR) is 69.8 cm³/mol. The van der Waals surface area contributed by atoms with Crippen LogP contribution in [-0.2, 0) is 0 Å². The first kappa shape index (κ1) is 13.0. The lowest BCUT2D eigenvalue weighted by atomic mass is 10.1. The van der Waals surface area contributed by atoms with Gasteiger partial charge >= 0.3 is 0 Å². The fourth-order valence-corrected chi connectivity index (χ4v) is 1.98. The van der Waals surface area contributed by atoms with Crippen LogP contribution in [0.2, 0.25) is 0 Å². The molecule has 0 amide bonds. The number of carbonyl (C=O) groups excluding carboxylic acids is 1. The van der Waals surface area contributed by atoms with Crippen LogP contribution in [0.3, 0.4) is 0 Å². The minimum absolute atomic E-state index is 0.0177. The summed E-state index contributed by atoms with van der Waals surface area (Å²) in [4.78, 5) is 13.7. The number of aryl methyl sites for hydroxylation is 1. The van der Waals surface area contributed by atoms with Crippen molar-refractivity contribution >= 4 is 23.1 Å². The van der Waals surface area contributed by atoms with Gasteiger partial charge in [-0.15, -0.1) is 11.6 Å². The van der Waals surface area contributed by atoms with Gasteiger partial charge in [0.15, 0.2) is 5.78 Å². The number of Topliss-reactive ketones (excluding diaryl/α,β-unsaturated/α-hetero) is 1. The van der Waals surface area contributed by atoms with Gasteiger partial charge in [0.25, 0.3) is 0 Å². The molecule has 1 aromatic carbocycles. The predicted octanol–water partition coefficient (Wildman–Crippen LogP) is 3.26. The molecule has 0 aliphatic heterocycles. The van der Waals surface area contributed by atoms with Crippen molar-refractivity contribution in [3.8, 4) is 0 Å². The van der Waals surface area contributed by atoms with Crippen molar-refractivity contribution in [3.05, 3.63) is 29.3 Å². The second kappa shape index (κ2) is 5.90. The molecule has 1 aromatic rings. The third-order valence-electron chi connectivity index (χ3n) is 2.74. The molecule has 1 rings (SSSR count). The Bertz CT molecular complexity index is 372. The minimum atomic E-state index is -0.0177. The topological polar surface area (TPSA) is 20.3 Å². The number of carbonyl (C=O) groups is 1. The van der Waals surface area contributed by atoms with Gasteiger partial charge < -0.3 is 4.90 Å². The number of halogens is 1. The first-order valence-corrected chi connectivity index (χ1v) is 6.12. The quantitative estimate of drug-likeness (QED) is 0.581. The molecule has 16 heavy (non-hydrogen) atoms. The summed E-state index contributed by atoms with van der Waals surface area (Å²) in [7, 11) is 0. The van der Waals surface area contributed by atoms with Crippen molar-refractivity contribution in [2.24, 2.45) is 0 Å². The highest BCUT2D eigenvalue weighted by Gasteiger charge is 2.09. The molecule has 0 unspecified atom stereocenters. The maximum Gasteiger partial charge on any atom is 0.177 e. The molecule has 0 aliphatic rings. The summed E-state index contributed by atoms with van der Waals surface area (Å²) in [5, 5.41) is 0. The molecule has 0 radical (unpaired) electrons. The van der Waals surface area contributed by atoms with Crippen molar-refractivity contribution in [2.45, 2.75) is 20.8 Å². The Hall–Kier alpha value is -1.02. The van der Waals surface area contributed by atoms with E-state index in [1.165, 1.54) is 5.69 Å². The molecule has 0 atom stereocenters. The number of benzene rings is 1. The van der Waals surface area contributed by atoms with E-state index in [9.17, 15) is 4.79 Å². The summed E-state index contributed by atoms with van der Waals surface area (Å²) >= 11 is 5.54. The van der Waals surface area contributed by atoms with Crippen LogP contribution >= 0.6 is 11.6 Å². The lowest BCUT2D eigenvalue weighted by Crippen LogP contribution is -2.22. The Labute approximate surface area is 102 Å². The van der Waals surface area contributed by atoms with Crippen LogP contribution in [0.1, 0.15) is 29.8 Å². The highest BCUT2D eigenvalue weighted by atomic mass is 35.5. The van der Waals surface area contributed by atoms with Crippen LogP contribution in [0.25, 0.3) is 0 Å². The van der Waals surface area contributed by atoms with Gasteiger partial charge in [-0.2, -0.15) is 0 Å². The van der Waals surface area contributed by atoms with E-state index in [0.29, 0.717) is 5.56 Å². The summed E-state index contributed by atoms with van der Waals surface area (Å²) in [6, 6.07) is 5.77. The van der Waals surface area contributed by atoms with Crippen molar-refractivity contribution in [3.63, 3.8) is 0 Å². The molecule has 0 N–H and O–H groups in total. The Balaban J connectivity index is 3.04. The Morgan fingerprint density at radius 1 is 1.31 bits per heavy atom. The number of rotatable bonds is 5. The lowest BCUT2D eigenvalue weighted by molar-refractivity contribution is 0.102. The molecule has 0 heterocycles. The van der Waals surface area contributed by atoms with E-state index >= 15 is 0 Å². The summed E-state index contributed by atoms with van der Waals surface area (Å²) in [6.07, 6.45) is 0. The zero-order valence-corrected chi connectivity index (χ0v) is 10.8. The smallest absolute Gasteiger partial charge is 0.177 e. The minimum Gasteiger partial charge on any atom is -0.372 e. The molecular formula is C13H18ClNO. The highest BCUT2D eigenvalue weighted by Crippen LogP contribution is 2.21. The van der Waals surface area contributed by atoms with E-state index in [1.807, 2.05) is 25.1 Å². The number of ketones is 1. The van der Waals surface area contributed by atoms with Crippen LogP contribution in [0, 0.1) is 6.92 Å². The monoisotopic (exact) mass is 239 g/mol. The van der Waals surface area contributed by atoms with Crippen LogP contribution < -0.4 is 4.90 Å². The largest absolute Gasteiger partial charge is 0.372 e. The van der Waals surface area contributed by atoms with Crippen LogP contribution in [0.5, 0.6) is 0 Å². The number of hydrogen-bond donors (Lipinski definition) is 0. The standard InChI is InChI=1S/C13H18ClNO/c1-4-15(5-2)12-7-6-11(8-10(12)3)13(16)9-14/h6-8H,4-5,9H2,1-3H3. The Kier molecular flexibility index (Phi) is 4.81. The van der Waals surface area contributed by atoms with E-state index in [2.05, 4.69) is 18.7 Å². The maximum atomic E-state index is 11.4. The molecule has 0 saturated carbocycles. The zero-order valence-electron chi connectivity index (χ0n) is 10.1. The third-order valence-corrected chi connectivity index (χ3v) is 2.99. The molecule has 0 saturated heterocycles. The molecule has 0 bridgehead atoms. The van der Waals surface area contributed by atoms with Crippen molar-refractivity contribution in [1.82, 2.24) is 0 Å². The average molecular weight is 240 g/mol. The van der Waals surface area contributed by atoms with Gasteiger partial charge in [0.2, 0.25) is 0 Å². The van der Waals surface area contributed by atoms with Crippen LogP contribution in [0.4, 0.5) is 5.69 Å². The highest BCUT2D eigenvalue weighted by molar-refractivity contribution is 6.30. The van der Waals surface area contributed by atoms with Gasteiger partial charge in [-0.05, 0) is 44.5 Å². The molecule has 2 nitrogen and oxygen atoms in total. The van der Waals surface area contributed by atoms with Crippen molar-refractivity contribution in [2.75, 3.05) is 23.9 Å². The molecular weight excluding hydrogens is 222 g/mol. The molecule has 0 fully saturated rings. The lowest BCUT2D eigenvalue weighted by Gasteiger charge is -2.23.